The molecule has 1 fully saturated rings. The lowest BCUT2D eigenvalue weighted by atomic mass is 10.1. The zero-order valence-electron chi connectivity index (χ0n) is 12.3. The highest BCUT2D eigenvalue weighted by molar-refractivity contribution is 9.10. The van der Waals surface area contributed by atoms with E-state index in [2.05, 4.69) is 55.9 Å². The summed E-state index contributed by atoms with van der Waals surface area (Å²) in [7, 11) is -1.80. The fourth-order valence-corrected chi connectivity index (χ4v) is 4.08. The number of hydrogen-bond acceptors (Lipinski definition) is 1. The summed E-state index contributed by atoms with van der Waals surface area (Å²) in [6, 6.07) is 4.07. The molecule has 0 atom stereocenters. The van der Waals surface area contributed by atoms with Gasteiger partial charge in [0, 0.05) is 9.50 Å². The number of halogens is 2. The highest BCUT2D eigenvalue weighted by Gasteiger charge is 2.39. The van der Waals surface area contributed by atoms with Crippen molar-refractivity contribution in [3.05, 3.63) is 27.2 Å². The van der Waals surface area contributed by atoms with Crippen LogP contribution in [-0.2, 0) is 0 Å². The minimum atomic E-state index is -1.80. The van der Waals surface area contributed by atoms with E-state index in [9.17, 15) is 0 Å². The summed E-state index contributed by atoms with van der Waals surface area (Å²) in [5.74, 6) is 1.54. The molecule has 1 aliphatic carbocycles. The van der Waals surface area contributed by atoms with Crippen molar-refractivity contribution >= 4 is 35.8 Å². The first-order chi connectivity index (χ1) is 8.62. The van der Waals surface area contributed by atoms with Crippen LogP contribution in [0.1, 0.15) is 45.1 Å². The monoisotopic (exact) mass is 360 g/mol. The zero-order chi connectivity index (χ0) is 14.4. The van der Waals surface area contributed by atoms with E-state index in [1.807, 2.05) is 6.07 Å². The maximum atomic E-state index is 6.42. The van der Waals surface area contributed by atoms with Crippen LogP contribution in [0.2, 0.25) is 23.2 Å². The molecule has 2 rings (SSSR count). The molecule has 1 aliphatic rings. The molecule has 0 bridgehead atoms. The van der Waals surface area contributed by atoms with Crippen LogP contribution in [0.25, 0.3) is 0 Å². The first-order valence-corrected chi connectivity index (χ1v) is 10.9. The Labute approximate surface area is 130 Å². The van der Waals surface area contributed by atoms with Crippen molar-refractivity contribution in [2.75, 3.05) is 0 Å². The van der Waals surface area contributed by atoms with Crippen LogP contribution in [0.3, 0.4) is 0 Å². The van der Waals surface area contributed by atoms with Gasteiger partial charge in [0.15, 0.2) is 0 Å². The predicted molar refractivity (Wildman–Crippen MR) is 89.0 cm³/mol. The molecule has 1 aromatic carbocycles. The van der Waals surface area contributed by atoms with Gasteiger partial charge in [-0.3, -0.25) is 0 Å². The standard InChI is InChI=1S/C15H22BrClOSi/c1-15(2,3)19(4,5)18-11-8-12(16)14(10-6-7-10)13(17)9-11/h8-10H,6-7H2,1-5H3. The highest BCUT2D eigenvalue weighted by Crippen LogP contribution is 2.48. The number of benzene rings is 1. The summed E-state index contributed by atoms with van der Waals surface area (Å²) in [5, 5.41) is 1.03. The summed E-state index contributed by atoms with van der Waals surface area (Å²) in [6.45, 7) is 11.2. The molecule has 0 radical (unpaired) electrons. The molecule has 19 heavy (non-hydrogen) atoms. The Bertz CT molecular complexity index is 466. The van der Waals surface area contributed by atoms with Gasteiger partial charge >= 0.3 is 0 Å². The van der Waals surface area contributed by atoms with Gasteiger partial charge in [0.1, 0.15) is 5.75 Å². The van der Waals surface area contributed by atoms with Gasteiger partial charge < -0.3 is 4.43 Å². The van der Waals surface area contributed by atoms with Gasteiger partial charge in [-0.25, -0.2) is 0 Å². The van der Waals surface area contributed by atoms with Gasteiger partial charge in [0.2, 0.25) is 8.32 Å². The maximum Gasteiger partial charge on any atom is 0.250 e. The van der Waals surface area contributed by atoms with Gasteiger partial charge in [0.05, 0.1) is 0 Å². The van der Waals surface area contributed by atoms with Crippen molar-refractivity contribution in [1.82, 2.24) is 0 Å². The maximum absolute atomic E-state index is 6.42. The Kier molecular flexibility index (Phi) is 4.12. The molecule has 0 N–H and O–H groups in total. The summed E-state index contributed by atoms with van der Waals surface area (Å²) in [4.78, 5) is 0. The molecule has 1 saturated carbocycles. The summed E-state index contributed by atoms with van der Waals surface area (Å²) >= 11 is 10.1. The molecule has 106 valence electrons. The van der Waals surface area contributed by atoms with Crippen LogP contribution < -0.4 is 4.43 Å². The van der Waals surface area contributed by atoms with E-state index in [0.29, 0.717) is 5.92 Å². The van der Waals surface area contributed by atoms with E-state index in [4.69, 9.17) is 16.0 Å². The van der Waals surface area contributed by atoms with Crippen LogP contribution in [0.4, 0.5) is 0 Å². The zero-order valence-corrected chi connectivity index (χ0v) is 15.7. The third kappa shape index (κ3) is 3.37. The molecule has 1 aromatic rings. The van der Waals surface area contributed by atoms with Crippen molar-refractivity contribution in [2.24, 2.45) is 0 Å². The lowest BCUT2D eigenvalue weighted by Crippen LogP contribution is -2.43. The molecule has 0 amide bonds. The second-order valence-electron chi connectivity index (χ2n) is 6.94. The predicted octanol–water partition coefficient (Wildman–Crippen LogP) is 6.36. The molecule has 0 heterocycles. The lowest BCUT2D eigenvalue weighted by molar-refractivity contribution is 0.492. The summed E-state index contributed by atoms with van der Waals surface area (Å²) in [5.41, 5.74) is 1.25. The van der Waals surface area contributed by atoms with Crippen molar-refractivity contribution in [2.45, 2.75) is 57.7 Å². The Hall–Kier alpha value is 0.00688. The summed E-state index contributed by atoms with van der Waals surface area (Å²) in [6.07, 6.45) is 2.50. The Morgan fingerprint density at radius 1 is 1.26 bits per heavy atom. The van der Waals surface area contributed by atoms with Crippen LogP contribution in [-0.4, -0.2) is 8.32 Å². The molecule has 0 unspecified atom stereocenters. The van der Waals surface area contributed by atoms with Crippen molar-refractivity contribution in [1.29, 1.82) is 0 Å². The van der Waals surface area contributed by atoms with Gasteiger partial charge in [-0.2, -0.15) is 0 Å². The molecule has 0 aromatic heterocycles. The van der Waals surface area contributed by atoms with Crippen LogP contribution in [0.5, 0.6) is 5.75 Å². The quantitative estimate of drug-likeness (QED) is 0.569. The van der Waals surface area contributed by atoms with E-state index in [0.717, 1.165) is 15.2 Å². The second kappa shape index (κ2) is 5.08. The van der Waals surface area contributed by atoms with E-state index < -0.39 is 8.32 Å². The van der Waals surface area contributed by atoms with Gasteiger partial charge in [-0.05, 0) is 54.6 Å². The van der Waals surface area contributed by atoms with Gasteiger partial charge in [-0.1, -0.05) is 48.3 Å². The number of rotatable bonds is 3. The SMILES string of the molecule is CC(C)(C)[Si](C)(C)Oc1cc(Cl)c(C2CC2)c(Br)c1. The minimum Gasteiger partial charge on any atom is -0.543 e. The molecule has 4 heteroatoms. The smallest absolute Gasteiger partial charge is 0.250 e. The van der Waals surface area contributed by atoms with Crippen molar-refractivity contribution < 1.29 is 4.43 Å². The largest absolute Gasteiger partial charge is 0.543 e. The van der Waals surface area contributed by atoms with Crippen LogP contribution in [0, 0.1) is 0 Å². The topological polar surface area (TPSA) is 9.23 Å². The first kappa shape index (κ1) is 15.4. The molecule has 0 aliphatic heterocycles. The molecule has 0 spiro atoms. The molecular weight excluding hydrogens is 340 g/mol. The van der Waals surface area contributed by atoms with E-state index >= 15 is 0 Å². The third-order valence-corrected chi connectivity index (χ3v) is 9.54. The van der Waals surface area contributed by atoms with Crippen molar-refractivity contribution in [3.8, 4) is 5.75 Å². The first-order valence-electron chi connectivity index (χ1n) is 6.80. The van der Waals surface area contributed by atoms with Gasteiger partial charge in [-0.15, -0.1) is 0 Å². The van der Waals surface area contributed by atoms with Crippen LogP contribution >= 0.6 is 27.5 Å². The van der Waals surface area contributed by atoms with E-state index in [1.54, 1.807) is 0 Å². The normalized spacial score (nSPS) is 16.6. The van der Waals surface area contributed by atoms with Crippen molar-refractivity contribution in [3.63, 3.8) is 0 Å². The molecule has 1 nitrogen and oxygen atoms in total. The highest BCUT2D eigenvalue weighted by atomic mass is 79.9. The Balaban J connectivity index is 2.27. The number of hydrogen-bond donors (Lipinski definition) is 0. The Morgan fingerprint density at radius 3 is 2.26 bits per heavy atom. The van der Waals surface area contributed by atoms with E-state index in [-0.39, 0.29) is 5.04 Å². The van der Waals surface area contributed by atoms with E-state index in [1.165, 1.54) is 18.4 Å². The molecule has 0 saturated heterocycles. The lowest BCUT2D eigenvalue weighted by Gasteiger charge is -2.36. The van der Waals surface area contributed by atoms with Gasteiger partial charge in [0.25, 0.3) is 0 Å². The minimum absolute atomic E-state index is 0.196. The second-order valence-corrected chi connectivity index (χ2v) is 12.9. The third-order valence-electron chi connectivity index (χ3n) is 4.22. The fraction of sp³-hybridized carbons (Fsp3) is 0.600. The average molecular weight is 362 g/mol. The Morgan fingerprint density at radius 2 is 1.84 bits per heavy atom. The summed E-state index contributed by atoms with van der Waals surface area (Å²) < 4.78 is 7.40. The average Bonchev–Trinajstić information content (AvgIpc) is 2.97. The fourth-order valence-electron chi connectivity index (χ4n) is 1.83. The van der Waals surface area contributed by atoms with Crippen LogP contribution in [0.15, 0.2) is 16.6 Å². The molecular formula is C15H22BrClOSi.